The van der Waals surface area contributed by atoms with Crippen molar-refractivity contribution in [2.45, 2.75) is 25.9 Å². The van der Waals surface area contributed by atoms with Gasteiger partial charge in [0.15, 0.2) is 0 Å². The van der Waals surface area contributed by atoms with Gasteiger partial charge in [-0.05, 0) is 11.1 Å². The third-order valence-electron chi connectivity index (χ3n) is 3.44. The highest BCUT2D eigenvalue weighted by atomic mass is 16.5. The van der Waals surface area contributed by atoms with Crippen LogP contribution < -0.4 is 5.32 Å². The smallest absolute Gasteiger partial charge is 0.230 e. The highest BCUT2D eigenvalue weighted by Crippen LogP contribution is 2.33. The molecule has 1 aliphatic heterocycles. The zero-order chi connectivity index (χ0) is 13.1. The van der Waals surface area contributed by atoms with Crippen LogP contribution in [0.25, 0.3) is 0 Å². The van der Waals surface area contributed by atoms with Crippen LogP contribution in [0.3, 0.4) is 0 Å². The van der Waals surface area contributed by atoms with E-state index in [9.17, 15) is 9.59 Å². The van der Waals surface area contributed by atoms with E-state index in [2.05, 4.69) is 5.32 Å². The number of piperidine rings is 1. The number of ether oxygens (including phenoxy) is 1. The Bertz CT molecular complexity index is 470. The summed E-state index contributed by atoms with van der Waals surface area (Å²) in [7, 11) is 1.64. The van der Waals surface area contributed by atoms with Gasteiger partial charge in [0, 0.05) is 25.4 Å². The van der Waals surface area contributed by atoms with E-state index >= 15 is 0 Å². The second kappa shape index (κ2) is 5.31. The van der Waals surface area contributed by atoms with E-state index < -0.39 is 0 Å². The van der Waals surface area contributed by atoms with E-state index in [-0.39, 0.29) is 23.7 Å². The van der Waals surface area contributed by atoms with Gasteiger partial charge in [-0.15, -0.1) is 0 Å². The molecule has 0 spiro atoms. The van der Waals surface area contributed by atoms with Gasteiger partial charge in [-0.1, -0.05) is 31.2 Å². The van der Waals surface area contributed by atoms with Gasteiger partial charge in [-0.25, -0.2) is 0 Å². The van der Waals surface area contributed by atoms with E-state index in [0.717, 1.165) is 11.1 Å². The molecular formula is C14H17NO3. The van der Waals surface area contributed by atoms with Crippen LogP contribution in [-0.4, -0.2) is 18.9 Å². The quantitative estimate of drug-likeness (QED) is 0.825. The summed E-state index contributed by atoms with van der Waals surface area (Å²) in [5, 5.41) is 2.37. The summed E-state index contributed by atoms with van der Waals surface area (Å²) >= 11 is 0. The van der Waals surface area contributed by atoms with Crippen LogP contribution in [0.5, 0.6) is 0 Å². The van der Waals surface area contributed by atoms with Gasteiger partial charge in [0.05, 0.1) is 6.61 Å². The Hall–Kier alpha value is -1.68. The molecule has 1 heterocycles. The lowest BCUT2D eigenvalue weighted by atomic mass is 9.79. The minimum Gasteiger partial charge on any atom is -0.380 e. The Morgan fingerprint density at radius 1 is 1.33 bits per heavy atom. The number of rotatable bonds is 3. The number of nitrogens with one attached hydrogen (secondary N) is 1. The molecule has 0 aliphatic carbocycles. The SMILES string of the molecule is COCc1ccccc1C1CC(=O)NC(=O)C1C. The van der Waals surface area contributed by atoms with Crippen LogP contribution in [0.1, 0.15) is 30.4 Å². The van der Waals surface area contributed by atoms with Crippen LogP contribution in [-0.2, 0) is 20.9 Å². The van der Waals surface area contributed by atoms with Crippen molar-refractivity contribution in [3.05, 3.63) is 35.4 Å². The Labute approximate surface area is 106 Å². The number of imide groups is 1. The van der Waals surface area contributed by atoms with E-state index in [1.165, 1.54) is 0 Å². The van der Waals surface area contributed by atoms with Crippen molar-refractivity contribution >= 4 is 11.8 Å². The van der Waals surface area contributed by atoms with Crippen LogP contribution in [0.2, 0.25) is 0 Å². The molecule has 2 unspecified atom stereocenters. The third-order valence-corrected chi connectivity index (χ3v) is 3.44. The molecule has 4 heteroatoms. The van der Waals surface area contributed by atoms with Crippen molar-refractivity contribution in [2.75, 3.05) is 7.11 Å². The molecule has 1 aromatic rings. The lowest BCUT2D eigenvalue weighted by molar-refractivity contribution is -0.136. The molecule has 1 fully saturated rings. The molecule has 2 amide bonds. The predicted octanol–water partition coefficient (Wildman–Crippen LogP) is 1.60. The molecule has 0 saturated carbocycles. The highest BCUT2D eigenvalue weighted by molar-refractivity contribution is 5.99. The summed E-state index contributed by atoms with van der Waals surface area (Å²) in [5.41, 5.74) is 2.08. The minimum atomic E-state index is -0.199. The molecule has 4 nitrogen and oxygen atoms in total. The van der Waals surface area contributed by atoms with Gasteiger partial charge < -0.3 is 4.74 Å². The first-order valence-corrected chi connectivity index (χ1v) is 6.04. The number of carbonyl (C=O) groups excluding carboxylic acids is 2. The summed E-state index contributed by atoms with van der Waals surface area (Å²) in [4.78, 5) is 23.2. The maximum Gasteiger partial charge on any atom is 0.230 e. The van der Waals surface area contributed by atoms with Crippen LogP contribution in [0, 0.1) is 5.92 Å². The molecule has 1 aliphatic rings. The van der Waals surface area contributed by atoms with Crippen molar-refractivity contribution in [1.29, 1.82) is 0 Å². The van der Waals surface area contributed by atoms with Gasteiger partial charge in [0.25, 0.3) is 0 Å². The van der Waals surface area contributed by atoms with Gasteiger partial charge in [-0.2, -0.15) is 0 Å². The summed E-state index contributed by atoms with van der Waals surface area (Å²) in [6.07, 6.45) is 0.355. The van der Waals surface area contributed by atoms with E-state index in [4.69, 9.17) is 4.74 Å². The monoisotopic (exact) mass is 247 g/mol. The van der Waals surface area contributed by atoms with Crippen LogP contribution >= 0.6 is 0 Å². The Morgan fingerprint density at radius 2 is 2.06 bits per heavy atom. The van der Waals surface area contributed by atoms with Crippen LogP contribution in [0.15, 0.2) is 24.3 Å². The number of amides is 2. The van der Waals surface area contributed by atoms with Crippen molar-refractivity contribution in [2.24, 2.45) is 5.92 Å². The average Bonchev–Trinajstić information content (AvgIpc) is 2.35. The number of methoxy groups -OCH3 is 1. The van der Waals surface area contributed by atoms with Crippen molar-refractivity contribution in [1.82, 2.24) is 5.32 Å². The average molecular weight is 247 g/mol. The van der Waals surface area contributed by atoms with Crippen molar-refractivity contribution in [3.63, 3.8) is 0 Å². The zero-order valence-corrected chi connectivity index (χ0v) is 10.6. The summed E-state index contributed by atoms with van der Waals surface area (Å²) in [6, 6.07) is 7.81. The number of carbonyl (C=O) groups is 2. The fourth-order valence-electron chi connectivity index (χ4n) is 2.42. The number of hydrogen-bond donors (Lipinski definition) is 1. The lowest BCUT2D eigenvalue weighted by Gasteiger charge is -2.29. The lowest BCUT2D eigenvalue weighted by Crippen LogP contribution is -2.43. The molecule has 1 aromatic carbocycles. The molecule has 1 saturated heterocycles. The first-order chi connectivity index (χ1) is 8.63. The number of hydrogen-bond acceptors (Lipinski definition) is 3. The van der Waals surface area contributed by atoms with E-state index in [0.29, 0.717) is 13.0 Å². The standard InChI is InChI=1S/C14H17NO3/c1-9-12(7-13(16)15-14(9)17)11-6-4-3-5-10(11)8-18-2/h3-6,9,12H,7-8H2,1-2H3,(H,15,16,17). The van der Waals surface area contributed by atoms with Gasteiger partial charge in [-0.3, -0.25) is 14.9 Å². The molecule has 96 valence electrons. The molecule has 1 N–H and O–H groups in total. The maximum atomic E-state index is 11.7. The van der Waals surface area contributed by atoms with Gasteiger partial charge in [0.2, 0.25) is 11.8 Å². The summed E-state index contributed by atoms with van der Waals surface area (Å²) in [5.74, 6) is -0.642. The normalized spacial score (nSPS) is 23.9. The molecule has 0 radical (unpaired) electrons. The molecule has 0 bridgehead atoms. The first kappa shape index (κ1) is 12.8. The van der Waals surface area contributed by atoms with E-state index in [1.807, 2.05) is 31.2 Å². The molecule has 0 aromatic heterocycles. The summed E-state index contributed by atoms with van der Waals surface area (Å²) < 4.78 is 5.16. The molecular weight excluding hydrogens is 230 g/mol. The van der Waals surface area contributed by atoms with Gasteiger partial charge in [0.1, 0.15) is 0 Å². The second-order valence-corrected chi connectivity index (χ2v) is 4.64. The first-order valence-electron chi connectivity index (χ1n) is 6.04. The fourth-order valence-corrected chi connectivity index (χ4v) is 2.42. The maximum absolute atomic E-state index is 11.7. The molecule has 2 rings (SSSR count). The summed E-state index contributed by atoms with van der Waals surface area (Å²) in [6.45, 7) is 2.35. The predicted molar refractivity (Wildman–Crippen MR) is 66.8 cm³/mol. The molecule has 18 heavy (non-hydrogen) atoms. The second-order valence-electron chi connectivity index (χ2n) is 4.64. The number of benzene rings is 1. The Kier molecular flexibility index (Phi) is 3.77. The van der Waals surface area contributed by atoms with Crippen LogP contribution in [0.4, 0.5) is 0 Å². The fraction of sp³-hybridized carbons (Fsp3) is 0.429. The van der Waals surface area contributed by atoms with Gasteiger partial charge >= 0.3 is 0 Å². The Balaban J connectivity index is 2.34. The molecule has 2 atom stereocenters. The zero-order valence-electron chi connectivity index (χ0n) is 10.6. The third kappa shape index (κ3) is 2.43. The van der Waals surface area contributed by atoms with E-state index in [1.54, 1.807) is 7.11 Å². The minimum absolute atomic E-state index is 0.0578. The topological polar surface area (TPSA) is 55.4 Å². The Morgan fingerprint density at radius 3 is 2.78 bits per heavy atom. The van der Waals surface area contributed by atoms with Crippen molar-refractivity contribution < 1.29 is 14.3 Å². The highest BCUT2D eigenvalue weighted by Gasteiger charge is 2.34. The van der Waals surface area contributed by atoms with Crippen molar-refractivity contribution in [3.8, 4) is 0 Å². The largest absolute Gasteiger partial charge is 0.380 e.